The third-order valence-corrected chi connectivity index (χ3v) is 1.88. The lowest BCUT2D eigenvalue weighted by Gasteiger charge is -2.18. The van der Waals surface area contributed by atoms with E-state index in [9.17, 15) is 0 Å². The molecule has 1 rings (SSSR count). The summed E-state index contributed by atoms with van der Waals surface area (Å²) in [5.74, 6) is 0.590. The molecule has 0 aromatic rings. The topological polar surface area (TPSA) is 12.0 Å². The Morgan fingerprint density at radius 1 is 1.45 bits per heavy atom. The van der Waals surface area contributed by atoms with Gasteiger partial charge in [-0.05, 0) is 30.1 Å². The van der Waals surface area contributed by atoms with E-state index in [1.807, 2.05) is 6.20 Å². The minimum Gasteiger partial charge on any atom is -0.362 e. The number of rotatable bonds is 1. The Kier molecular flexibility index (Phi) is 2.18. The van der Waals surface area contributed by atoms with Gasteiger partial charge in [0.15, 0.2) is 0 Å². The summed E-state index contributed by atoms with van der Waals surface area (Å²) >= 11 is 0. The molecule has 60 valence electrons. The van der Waals surface area contributed by atoms with Crippen LogP contribution in [0.1, 0.15) is 20.8 Å². The molecule has 0 amide bonds. The maximum Gasteiger partial charge on any atom is 0.0309 e. The average Bonchev–Trinajstić information content (AvgIpc) is 1.85. The molecule has 1 aliphatic rings. The van der Waals surface area contributed by atoms with Crippen LogP contribution in [0.15, 0.2) is 35.7 Å². The van der Waals surface area contributed by atoms with Gasteiger partial charge >= 0.3 is 0 Å². The maximum absolute atomic E-state index is 3.83. The lowest BCUT2D eigenvalue weighted by Crippen LogP contribution is -2.11. The van der Waals surface area contributed by atoms with Crippen LogP contribution < -0.4 is 5.32 Å². The summed E-state index contributed by atoms with van der Waals surface area (Å²) in [6.45, 7) is 10.3. The van der Waals surface area contributed by atoms with Crippen LogP contribution in [0.25, 0.3) is 0 Å². The SMILES string of the molecule is C=C1C=C(C)C(C(C)C)=CN1. The third-order valence-electron chi connectivity index (χ3n) is 1.88. The first-order chi connectivity index (χ1) is 5.11. The summed E-state index contributed by atoms with van der Waals surface area (Å²) in [5.41, 5.74) is 3.67. The Morgan fingerprint density at radius 2 is 2.09 bits per heavy atom. The Hall–Kier alpha value is -0.980. The highest BCUT2D eigenvalue weighted by Gasteiger charge is 2.08. The van der Waals surface area contributed by atoms with Gasteiger partial charge in [-0.15, -0.1) is 0 Å². The van der Waals surface area contributed by atoms with Crippen LogP contribution in [0.4, 0.5) is 0 Å². The van der Waals surface area contributed by atoms with Crippen LogP contribution in [0.3, 0.4) is 0 Å². The van der Waals surface area contributed by atoms with Crippen molar-refractivity contribution in [2.75, 3.05) is 0 Å². The molecule has 1 aliphatic heterocycles. The standard InChI is InChI=1S/C10H15N/c1-7(2)10-6-11-9(4)5-8(10)3/h5-7,11H,4H2,1-3H3. The first-order valence-corrected chi connectivity index (χ1v) is 3.95. The first-order valence-electron chi connectivity index (χ1n) is 3.95. The van der Waals surface area contributed by atoms with E-state index in [1.165, 1.54) is 11.1 Å². The molecule has 1 heterocycles. The number of dihydropyridines is 1. The fourth-order valence-corrected chi connectivity index (χ4v) is 1.29. The van der Waals surface area contributed by atoms with Gasteiger partial charge in [-0.1, -0.05) is 20.4 Å². The maximum atomic E-state index is 3.83. The minimum absolute atomic E-state index is 0.590. The molecule has 0 saturated carbocycles. The van der Waals surface area contributed by atoms with Crippen LogP contribution in [0, 0.1) is 5.92 Å². The molecule has 0 saturated heterocycles. The summed E-state index contributed by atoms with van der Waals surface area (Å²) < 4.78 is 0. The molecule has 0 atom stereocenters. The van der Waals surface area contributed by atoms with Gasteiger partial charge in [-0.25, -0.2) is 0 Å². The molecule has 0 unspecified atom stereocenters. The monoisotopic (exact) mass is 149 g/mol. The van der Waals surface area contributed by atoms with E-state index in [4.69, 9.17) is 0 Å². The van der Waals surface area contributed by atoms with E-state index >= 15 is 0 Å². The lowest BCUT2D eigenvalue weighted by molar-refractivity contribution is 0.760. The van der Waals surface area contributed by atoms with Crippen molar-refractivity contribution in [3.05, 3.63) is 35.7 Å². The first kappa shape index (κ1) is 8.12. The lowest BCUT2D eigenvalue weighted by atomic mass is 9.95. The Bertz CT molecular complexity index is 231. The third kappa shape index (κ3) is 1.73. The molecule has 0 radical (unpaired) electrons. The highest BCUT2D eigenvalue weighted by Crippen LogP contribution is 2.21. The molecule has 1 nitrogen and oxygen atoms in total. The second-order valence-electron chi connectivity index (χ2n) is 3.25. The molecule has 0 aliphatic carbocycles. The van der Waals surface area contributed by atoms with E-state index in [0.29, 0.717) is 5.92 Å². The Labute approximate surface area is 68.5 Å². The van der Waals surface area contributed by atoms with Crippen molar-refractivity contribution >= 4 is 0 Å². The summed E-state index contributed by atoms with van der Waals surface area (Å²) in [5, 5.41) is 3.11. The van der Waals surface area contributed by atoms with Crippen molar-refractivity contribution in [2.45, 2.75) is 20.8 Å². The predicted octanol–water partition coefficient (Wildman–Crippen LogP) is 2.59. The zero-order valence-corrected chi connectivity index (χ0v) is 7.44. The summed E-state index contributed by atoms with van der Waals surface area (Å²) in [6.07, 6.45) is 4.12. The zero-order chi connectivity index (χ0) is 8.43. The van der Waals surface area contributed by atoms with Crippen molar-refractivity contribution in [1.29, 1.82) is 0 Å². The Morgan fingerprint density at radius 3 is 2.55 bits per heavy atom. The Balaban J connectivity index is 2.85. The van der Waals surface area contributed by atoms with Crippen molar-refractivity contribution in [1.82, 2.24) is 5.32 Å². The van der Waals surface area contributed by atoms with Gasteiger partial charge in [-0.2, -0.15) is 0 Å². The summed E-state index contributed by atoms with van der Waals surface area (Å²) in [4.78, 5) is 0. The molecule has 1 heteroatoms. The summed E-state index contributed by atoms with van der Waals surface area (Å²) in [7, 11) is 0. The quantitative estimate of drug-likeness (QED) is 0.604. The van der Waals surface area contributed by atoms with E-state index in [-0.39, 0.29) is 0 Å². The van der Waals surface area contributed by atoms with Crippen LogP contribution in [-0.4, -0.2) is 0 Å². The van der Waals surface area contributed by atoms with Gasteiger partial charge in [0, 0.05) is 11.9 Å². The molecular formula is C10H15N. The number of hydrogen-bond acceptors (Lipinski definition) is 1. The summed E-state index contributed by atoms with van der Waals surface area (Å²) in [6, 6.07) is 0. The molecule has 0 fully saturated rings. The van der Waals surface area contributed by atoms with Gasteiger partial charge in [0.25, 0.3) is 0 Å². The van der Waals surface area contributed by atoms with Crippen LogP contribution in [0.2, 0.25) is 0 Å². The van der Waals surface area contributed by atoms with Crippen molar-refractivity contribution in [3.8, 4) is 0 Å². The molecule has 0 bridgehead atoms. The van der Waals surface area contributed by atoms with E-state index in [0.717, 1.165) is 5.70 Å². The second kappa shape index (κ2) is 2.95. The number of hydrogen-bond donors (Lipinski definition) is 1. The zero-order valence-electron chi connectivity index (χ0n) is 7.44. The predicted molar refractivity (Wildman–Crippen MR) is 49.0 cm³/mol. The van der Waals surface area contributed by atoms with Gasteiger partial charge < -0.3 is 5.32 Å². The average molecular weight is 149 g/mol. The molecular weight excluding hydrogens is 134 g/mol. The fourth-order valence-electron chi connectivity index (χ4n) is 1.29. The molecule has 0 spiro atoms. The van der Waals surface area contributed by atoms with Gasteiger partial charge in [0.2, 0.25) is 0 Å². The van der Waals surface area contributed by atoms with Crippen LogP contribution >= 0.6 is 0 Å². The molecule has 11 heavy (non-hydrogen) atoms. The van der Waals surface area contributed by atoms with Gasteiger partial charge in [0.1, 0.15) is 0 Å². The van der Waals surface area contributed by atoms with Crippen molar-refractivity contribution in [3.63, 3.8) is 0 Å². The number of allylic oxidation sites excluding steroid dienone is 3. The molecule has 1 N–H and O–H groups in total. The largest absolute Gasteiger partial charge is 0.362 e. The molecule has 0 aromatic carbocycles. The highest BCUT2D eigenvalue weighted by atomic mass is 14.9. The van der Waals surface area contributed by atoms with Gasteiger partial charge in [0.05, 0.1) is 0 Å². The van der Waals surface area contributed by atoms with Crippen molar-refractivity contribution < 1.29 is 0 Å². The van der Waals surface area contributed by atoms with Crippen LogP contribution in [-0.2, 0) is 0 Å². The normalized spacial score (nSPS) is 17.6. The van der Waals surface area contributed by atoms with Crippen LogP contribution in [0.5, 0.6) is 0 Å². The minimum atomic E-state index is 0.590. The van der Waals surface area contributed by atoms with E-state index in [1.54, 1.807) is 0 Å². The number of nitrogens with one attached hydrogen (secondary N) is 1. The van der Waals surface area contributed by atoms with E-state index < -0.39 is 0 Å². The smallest absolute Gasteiger partial charge is 0.0309 e. The van der Waals surface area contributed by atoms with Gasteiger partial charge in [-0.3, -0.25) is 0 Å². The fraction of sp³-hybridized carbons (Fsp3) is 0.400. The molecule has 0 aromatic heterocycles. The second-order valence-corrected chi connectivity index (χ2v) is 3.25. The highest BCUT2D eigenvalue weighted by molar-refractivity contribution is 5.39. The van der Waals surface area contributed by atoms with E-state index in [2.05, 4.69) is 38.7 Å². The van der Waals surface area contributed by atoms with Crippen molar-refractivity contribution in [2.24, 2.45) is 5.92 Å².